The molecule has 0 spiro atoms. The van der Waals surface area contributed by atoms with E-state index in [-0.39, 0.29) is 24.5 Å². The van der Waals surface area contributed by atoms with E-state index in [1.807, 2.05) is 78.7 Å². The molecule has 206 valence electrons. The number of urea groups is 1. The van der Waals surface area contributed by atoms with Crippen LogP contribution in [0, 0.1) is 6.92 Å². The maximum Gasteiger partial charge on any atom is 0.322 e. The standard InChI is InChI=1S/C33H36N4O3/c1-4-6-20-35(33(39)34-26-16-18-27(19-17-26)40-5-2)23-31(38)37-29-14-8-7-13-28(29)36-21-10-15-30(36)32(37)25-12-9-11-24(3)22-25/h7-19,21-22,32H,4-6,20,23H2,1-3H3,(H,34,39). The van der Waals surface area contributed by atoms with Gasteiger partial charge in [0, 0.05) is 18.4 Å². The predicted octanol–water partition coefficient (Wildman–Crippen LogP) is 6.95. The summed E-state index contributed by atoms with van der Waals surface area (Å²) in [5.41, 5.74) is 5.59. The number of nitrogens with zero attached hydrogens (tertiary/aromatic N) is 3. The zero-order chi connectivity index (χ0) is 28.1. The largest absolute Gasteiger partial charge is 0.494 e. The molecule has 0 saturated carbocycles. The summed E-state index contributed by atoms with van der Waals surface area (Å²) >= 11 is 0. The van der Waals surface area contributed by atoms with Gasteiger partial charge in [-0.15, -0.1) is 0 Å². The smallest absolute Gasteiger partial charge is 0.322 e. The first-order chi connectivity index (χ1) is 19.5. The van der Waals surface area contributed by atoms with Crippen molar-refractivity contribution in [3.05, 3.63) is 108 Å². The number of carbonyl (C=O) groups excluding carboxylic acids is 2. The predicted molar refractivity (Wildman–Crippen MR) is 159 cm³/mol. The fraction of sp³-hybridized carbons (Fsp3) is 0.273. The number of fused-ring (bicyclic) bond motifs is 3. The van der Waals surface area contributed by atoms with Crippen LogP contribution >= 0.6 is 0 Å². The third-order valence-electron chi connectivity index (χ3n) is 7.16. The molecule has 3 amide bonds. The Morgan fingerprint density at radius 1 is 0.925 bits per heavy atom. The number of benzene rings is 3. The van der Waals surface area contributed by atoms with E-state index in [0.717, 1.165) is 46.8 Å². The Balaban J connectivity index is 1.46. The van der Waals surface area contributed by atoms with E-state index in [4.69, 9.17) is 4.74 Å². The number of unbranched alkanes of at least 4 members (excludes halogenated alkanes) is 1. The van der Waals surface area contributed by atoms with Gasteiger partial charge in [-0.1, -0.05) is 55.3 Å². The summed E-state index contributed by atoms with van der Waals surface area (Å²) in [6, 6.07) is 27.0. The van der Waals surface area contributed by atoms with Crippen molar-refractivity contribution in [1.82, 2.24) is 9.47 Å². The number of anilines is 2. The monoisotopic (exact) mass is 536 g/mol. The number of rotatable bonds is 9. The number of nitrogens with one attached hydrogen (secondary N) is 1. The maximum atomic E-state index is 14.3. The van der Waals surface area contributed by atoms with Crippen molar-refractivity contribution < 1.29 is 14.3 Å². The lowest BCUT2D eigenvalue weighted by Crippen LogP contribution is -2.48. The average molecular weight is 537 g/mol. The molecule has 1 aliphatic rings. The van der Waals surface area contributed by atoms with Crippen LogP contribution in [-0.4, -0.2) is 41.1 Å². The molecule has 5 rings (SSSR count). The first-order valence-electron chi connectivity index (χ1n) is 13.9. The summed E-state index contributed by atoms with van der Waals surface area (Å²) in [4.78, 5) is 31.2. The van der Waals surface area contributed by atoms with E-state index in [9.17, 15) is 9.59 Å². The van der Waals surface area contributed by atoms with Gasteiger partial charge in [0.25, 0.3) is 0 Å². The van der Waals surface area contributed by atoms with E-state index < -0.39 is 0 Å². The van der Waals surface area contributed by atoms with Crippen LogP contribution in [0.1, 0.15) is 49.6 Å². The fourth-order valence-corrected chi connectivity index (χ4v) is 5.26. The van der Waals surface area contributed by atoms with Gasteiger partial charge in [0.05, 0.1) is 23.7 Å². The molecule has 0 bridgehead atoms. The number of amides is 3. The van der Waals surface area contributed by atoms with Gasteiger partial charge in [0.1, 0.15) is 18.3 Å². The second kappa shape index (κ2) is 12.1. The van der Waals surface area contributed by atoms with Gasteiger partial charge in [-0.2, -0.15) is 0 Å². The molecule has 3 aromatic carbocycles. The van der Waals surface area contributed by atoms with E-state index in [1.54, 1.807) is 4.90 Å². The molecule has 7 heteroatoms. The maximum absolute atomic E-state index is 14.3. The topological polar surface area (TPSA) is 66.8 Å². The number of aryl methyl sites for hydroxylation is 1. The third kappa shape index (κ3) is 5.59. The molecular formula is C33H36N4O3. The summed E-state index contributed by atoms with van der Waals surface area (Å²) in [6.07, 6.45) is 3.74. The zero-order valence-electron chi connectivity index (χ0n) is 23.3. The first-order valence-corrected chi connectivity index (χ1v) is 13.9. The number of hydrogen-bond donors (Lipinski definition) is 1. The Kier molecular flexibility index (Phi) is 8.20. The van der Waals surface area contributed by atoms with Crippen LogP contribution in [-0.2, 0) is 4.79 Å². The number of hydrogen-bond acceptors (Lipinski definition) is 3. The lowest BCUT2D eigenvalue weighted by Gasteiger charge is -2.39. The Hall–Kier alpha value is -4.52. The Labute approximate surface area is 236 Å². The molecule has 0 radical (unpaired) electrons. The third-order valence-corrected chi connectivity index (χ3v) is 7.16. The minimum Gasteiger partial charge on any atom is -0.494 e. The van der Waals surface area contributed by atoms with E-state index >= 15 is 0 Å². The summed E-state index contributed by atoms with van der Waals surface area (Å²) < 4.78 is 7.67. The molecule has 1 N–H and O–H groups in total. The van der Waals surface area contributed by atoms with Crippen LogP contribution in [0.25, 0.3) is 5.69 Å². The molecular weight excluding hydrogens is 500 g/mol. The number of para-hydroxylation sites is 2. The van der Waals surface area contributed by atoms with Crippen molar-refractivity contribution in [1.29, 1.82) is 0 Å². The number of aromatic nitrogens is 1. The van der Waals surface area contributed by atoms with Crippen LogP contribution in [0.15, 0.2) is 91.1 Å². The summed E-state index contributed by atoms with van der Waals surface area (Å²) in [7, 11) is 0. The molecule has 1 aliphatic heterocycles. The highest BCUT2D eigenvalue weighted by molar-refractivity contribution is 6.01. The van der Waals surface area contributed by atoms with Gasteiger partial charge in [0.2, 0.25) is 5.91 Å². The highest BCUT2D eigenvalue weighted by atomic mass is 16.5. The summed E-state index contributed by atoms with van der Waals surface area (Å²) in [6.45, 7) is 7.08. The molecule has 0 saturated heterocycles. The van der Waals surface area contributed by atoms with Gasteiger partial charge in [-0.05, 0) is 74.4 Å². The van der Waals surface area contributed by atoms with Gasteiger partial charge < -0.3 is 19.5 Å². The minimum atomic E-state index is -0.320. The van der Waals surface area contributed by atoms with Crippen molar-refractivity contribution in [2.24, 2.45) is 0 Å². The molecule has 1 aromatic heterocycles. The number of carbonyl (C=O) groups is 2. The van der Waals surface area contributed by atoms with Crippen molar-refractivity contribution in [3.63, 3.8) is 0 Å². The van der Waals surface area contributed by atoms with Crippen molar-refractivity contribution in [2.45, 2.75) is 39.7 Å². The lowest BCUT2D eigenvalue weighted by atomic mass is 9.96. The highest BCUT2D eigenvalue weighted by Crippen LogP contribution is 2.42. The minimum absolute atomic E-state index is 0.0414. The summed E-state index contributed by atoms with van der Waals surface area (Å²) in [5, 5.41) is 2.97. The summed E-state index contributed by atoms with van der Waals surface area (Å²) in [5.74, 6) is 0.610. The lowest BCUT2D eigenvalue weighted by molar-refractivity contribution is -0.119. The van der Waals surface area contributed by atoms with E-state index in [2.05, 4.69) is 48.0 Å². The number of ether oxygens (including phenoxy) is 1. The Bertz CT molecular complexity index is 1480. The molecule has 4 aromatic rings. The van der Waals surface area contributed by atoms with Crippen LogP contribution in [0.5, 0.6) is 5.75 Å². The van der Waals surface area contributed by atoms with Crippen LogP contribution in [0.4, 0.5) is 16.2 Å². The van der Waals surface area contributed by atoms with Gasteiger partial charge in [0.15, 0.2) is 0 Å². The molecule has 7 nitrogen and oxygen atoms in total. The van der Waals surface area contributed by atoms with Gasteiger partial charge >= 0.3 is 6.03 Å². The molecule has 1 unspecified atom stereocenters. The molecule has 40 heavy (non-hydrogen) atoms. The van der Waals surface area contributed by atoms with Crippen LogP contribution in [0.3, 0.4) is 0 Å². The molecule has 1 atom stereocenters. The molecule has 2 heterocycles. The Morgan fingerprint density at radius 3 is 2.42 bits per heavy atom. The molecule has 0 aliphatic carbocycles. The van der Waals surface area contributed by atoms with Crippen LogP contribution in [0.2, 0.25) is 0 Å². The normalized spacial score (nSPS) is 13.8. The second-order valence-corrected chi connectivity index (χ2v) is 10.0. The average Bonchev–Trinajstić information content (AvgIpc) is 3.45. The Morgan fingerprint density at radius 2 is 1.70 bits per heavy atom. The van der Waals surface area contributed by atoms with Crippen LogP contribution < -0.4 is 15.0 Å². The fourth-order valence-electron chi connectivity index (χ4n) is 5.26. The van der Waals surface area contributed by atoms with Gasteiger partial charge in [-0.3, -0.25) is 9.69 Å². The van der Waals surface area contributed by atoms with Gasteiger partial charge in [-0.25, -0.2) is 4.79 Å². The quantitative estimate of drug-likeness (QED) is 0.252. The zero-order valence-corrected chi connectivity index (χ0v) is 23.3. The van der Waals surface area contributed by atoms with Crippen molar-refractivity contribution in [2.75, 3.05) is 29.9 Å². The van der Waals surface area contributed by atoms with Crippen molar-refractivity contribution >= 4 is 23.3 Å². The highest BCUT2D eigenvalue weighted by Gasteiger charge is 2.37. The van der Waals surface area contributed by atoms with Crippen molar-refractivity contribution in [3.8, 4) is 11.4 Å². The second-order valence-electron chi connectivity index (χ2n) is 10.0. The SMILES string of the molecule is CCCCN(CC(=O)N1c2ccccc2-n2cccc2C1c1cccc(C)c1)C(=O)Nc1ccc(OCC)cc1. The van der Waals surface area contributed by atoms with E-state index in [1.165, 1.54) is 0 Å². The van der Waals surface area contributed by atoms with E-state index in [0.29, 0.717) is 18.8 Å². The molecule has 0 fully saturated rings. The first kappa shape index (κ1) is 27.1.